The second-order valence-corrected chi connectivity index (χ2v) is 4.76. The van der Waals surface area contributed by atoms with Crippen molar-refractivity contribution in [3.05, 3.63) is 34.9 Å². The molecule has 0 radical (unpaired) electrons. The van der Waals surface area contributed by atoms with Gasteiger partial charge in [0.15, 0.2) is 0 Å². The van der Waals surface area contributed by atoms with Crippen molar-refractivity contribution in [3.8, 4) is 0 Å². The maximum absolute atomic E-state index is 11.9. The predicted octanol–water partition coefficient (Wildman–Crippen LogP) is 2.87. The van der Waals surface area contributed by atoms with Crippen LogP contribution in [0.3, 0.4) is 0 Å². The van der Waals surface area contributed by atoms with Gasteiger partial charge in [-0.15, -0.1) is 0 Å². The molecule has 1 aromatic rings. The zero-order valence-corrected chi connectivity index (χ0v) is 10.9. The number of hydrogen-bond acceptors (Lipinski definition) is 3. The summed E-state index contributed by atoms with van der Waals surface area (Å²) in [5.41, 5.74) is 2.95. The smallest absolute Gasteiger partial charge is 0.379 e. The van der Waals surface area contributed by atoms with E-state index in [2.05, 4.69) is 6.92 Å². The van der Waals surface area contributed by atoms with E-state index in [0.29, 0.717) is 11.5 Å². The van der Waals surface area contributed by atoms with Gasteiger partial charge in [0.1, 0.15) is 0 Å². The van der Waals surface area contributed by atoms with E-state index in [1.165, 1.54) is 17.5 Å². The highest BCUT2D eigenvalue weighted by Gasteiger charge is 2.21. The van der Waals surface area contributed by atoms with Crippen molar-refractivity contribution in [2.75, 3.05) is 6.61 Å². The van der Waals surface area contributed by atoms with Crippen LogP contribution in [-0.4, -0.2) is 18.4 Å². The lowest BCUT2D eigenvalue weighted by molar-refractivity contribution is -0.137. The third kappa shape index (κ3) is 2.45. The van der Waals surface area contributed by atoms with Crippen molar-refractivity contribution < 1.29 is 14.3 Å². The molecule has 3 nitrogen and oxygen atoms in total. The number of ether oxygens (including phenoxy) is 1. The van der Waals surface area contributed by atoms with Gasteiger partial charge in [0.25, 0.3) is 5.78 Å². The quantitative estimate of drug-likeness (QED) is 0.468. The zero-order chi connectivity index (χ0) is 13.1. The summed E-state index contributed by atoms with van der Waals surface area (Å²) in [5.74, 6) is -0.845. The third-order valence-corrected chi connectivity index (χ3v) is 3.48. The van der Waals surface area contributed by atoms with E-state index in [-0.39, 0.29) is 6.61 Å². The van der Waals surface area contributed by atoms with Crippen LogP contribution in [0.1, 0.15) is 54.1 Å². The first kappa shape index (κ1) is 12.8. The van der Waals surface area contributed by atoms with E-state index in [4.69, 9.17) is 4.74 Å². The van der Waals surface area contributed by atoms with Crippen LogP contribution in [0.5, 0.6) is 0 Å². The Kier molecular flexibility index (Phi) is 3.80. The molecule has 0 amide bonds. The number of benzene rings is 1. The highest BCUT2D eigenvalue weighted by Crippen LogP contribution is 2.31. The van der Waals surface area contributed by atoms with Gasteiger partial charge in [-0.1, -0.05) is 19.1 Å². The molecule has 3 heteroatoms. The fourth-order valence-electron chi connectivity index (χ4n) is 2.49. The monoisotopic (exact) mass is 246 g/mol. The molecule has 2 rings (SSSR count). The average Bonchev–Trinajstić information content (AvgIpc) is 2.38. The fourth-order valence-corrected chi connectivity index (χ4v) is 2.49. The van der Waals surface area contributed by atoms with Gasteiger partial charge in [0.2, 0.25) is 0 Å². The van der Waals surface area contributed by atoms with Crippen LogP contribution >= 0.6 is 0 Å². The Labute approximate surface area is 107 Å². The largest absolute Gasteiger partial charge is 0.460 e. The van der Waals surface area contributed by atoms with E-state index < -0.39 is 11.8 Å². The minimum Gasteiger partial charge on any atom is -0.460 e. The summed E-state index contributed by atoms with van der Waals surface area (Å²) >= 11 is 0. The third-order valence-electron chi connectivity index (χ3n) is 3.48. The molecule has 0 aliphatic heterocycles. The lowest BCUT2D eigenvalue weighted by atomic mass is 9.83. The lowest BCUT2D eigenvalue weighted by Crippen LogP contribution is -2.18. The van der Waals surface area contributed by atoms with Crippen molar-refractivity contribution in [2.45, 2.75) is 39.0 Å². The first-order chi connectivity index (χ1) is 8.63. The Balaban J connectivity index is 2.28. The Morgan fingerprint density at radius 2 is 2.17 bits per heavy atom. The number of carbonyl (C=O) groups excluding carboxylic acids is 2. The second-order valence-electron chi connectivity index (χ2n) is 4.76. The summed E-state index contributed by atoms with van der Waals surface area (Å²) in [7, 11) is 0. The van der Waals surface area contributed by atoms with Crippen LogP contribution in [0.25, 0.3) is 0 Å². The molecule has 0 spiro atoms. The molecule has 0 fully saturated rings. The maximum atomic E-state index is 11.9. The number of rotatable bonds is 3. The maximum Gasteiger partial charge on any atom is 0.379 e. The van der Waals surface area contributed by atoms with E-state index in [1.54, 1.807) is 13.0 Å². The fraction of sp³-hybridized carbons (Fsp3) is 0.467. The minimum atomic E-state index is -0.763. The number of carbonyl (C=O) groups is 2. The van der Waals surface area contributed by atoms with Gasteiger partial charge >= 0.3 is 5.97 Å². The topological polar surface area (TPSA) is 43.4 Å². The van der Waals surface area contributed by atoms with Gasteiger partial charge in [0, 0.05) is 5.56 Å². The first-order valence-electron chi connectivity index (χ1n) is 6.47. The summed E-state index contributed by atoms with van der Waals surface area (Å²) in [4.78, 5) is 23.3. The molecule has 18 heavy (non-hydrogen) atoms. The molecule has 0 N–H and O–H groups in total. The average molecular weight is 246 g/mol. The highest BCUT2D eigenvalue weighted by molar-refractivity contribution is 6.40. The molecular formula is C15H18O3. The van der Waals surface area contributed by atoms with Crippen LogP contribution in [0.2, 0.25) is 0 Å². The van der Waals surface area contributed by atoms with E-state index in [9.17, 15) is 9.59 Å². The molecular weight excluding hydrogens is 228 g/mol. The number of aryl methyl sites for hydroxylation is 1. The van der Waals surface area contributed by atoms with Gasteiger partial charge in [-0.05, 0) is 49.3 Å². The molecule has 1 aliphatic carbocycles. The zero-order valence-electron chi connectivity index (χ0n) is 10.9. The summed E-state index contributed by atoms with van der Waals surface area (Å²) < 4.78 is 4.74. The second kappa shape index (κ2) is 5.34. The van der Waals surface area contributed by atoms with Crippen molar-refractivity contribution >= 4 is 11.8 Å². The molecule has 1 aliphatic rings. The van der Waals surface area contributed by atoms with Crippen LogP contribution < -0.4 is 0 Å². The number of hydrogen-bond donors (Lipinski definition) is 0. The summed E-state index contributed by atoms with van der Waals surface area (Å²) in [6, 6.07) is 5.56. The SMILES string of the molecule is CCOC(=O)C(=O)c1ccc2c(c1)C(C)CCC2. The highest BCUT2D eigenvalue weighted by atomic mass is 16.5. The van der Waals surface area contributed by atoms with Crippen LogP contribution in [0, 0.1) is 0 Å². The summed E-state index contributed by atoms with van der Waals surface area (Å²) in [6.45, 7) is 4.09. The summed E-state index contributed by atoms with van der Waals surface area (Å²) in [6.07, 6.45) is 3.40. The molecule has 0 bridgehead atoms. The Morgan fingerprint density at radius 3 is 2.89 bits per heavy atom. The van der Waals surface area contributed by atoms with Gasteiger partial charge in [-0.3, -0.25) is 4.79 Å². The van der Waals surface area contributed by atoms with Crippen LogP contribution in [-0.2, 0) is 16.0 Å². The molecule has 0 saturated heterocycles. The molecule has 0 heterocycles. The van der Waals surface area contributed by atoms with Crippen molar-refractivity contribution in [2.24, 2.45) is 0 Å². The Hall–Kier alpha value is -1.64. The van der Waals surface area contributed by atoms with Crippen molar-refractivity contribution in [1.29, 1.82) is 0 Å². The van der Waals surface area contributed by atoms with Crippen molar-refractivity contribution in [3.63, 3.8) is 0 Å². The molecule has 96 valence electrons. The molecule has 1 unspecified atom stereocenters. The molecule has 0 aromatic heterocycles. The van der Waals surface area contributed by atoms with Gasteiger partial charge in [-0.2, -0.15) is 0 Å². The number of fused-ring (bicyclic) bond motifs is 1. The normalized spacial score (nSPS) is 18.0. The molecule has 0 saturated carbocycles. The minimum absolute atomic E-state index is 0.228. The number of esters is 1. The van der Waals surface area contributed by atoms with E-state index in [0.717, 1.165) is 12.8 Å². The van der Waals surface area contributed by atoms with Gasteiger partial charge in [-0.25, -0.2) is 4.79 Å². The van der Waals surface area contributed by atoms with Crippen LogP contribution in [0.15, 0.2) is 18.2 Å². The standard InChI is InChI=1S/C15H18O3/c1-3-18-15(17)14(16)12-8-7-11-6-4-5-10(2)13(11)9-12/h7-10H,3-6H2,1-2H3. The van der Waals surface area contributed by atoms with Gasteiger partial charge < -0.3 is 4.74 Å². The van der Waals surface area contributed by atoms with Crippen molar-refractivity contribution in [1.82, 2.24) is 0 Å². The Morgan fingerprint density at radius 1 is 1.39 bits per heavy atom. The number of Topliss-reactive ketones (excluding diaryl/α,β-unsaturated/α-hetero) is 1. The summed E-state index contributed by atoms with van der Waals surface area (Å²) in [5, 5.41) is 0. The molecule has 1 atom stereocenters. The van der Waals surface area contributed by atoms with Gasteiger partial charge in [0.05, 0.1) is 6.61 Å². The lowest BCUT2D eigenvalue weighted by Gasteiger charge is -2.22. The Bertz CT molecular complexity index is 477. The van der Waals surface area contributed by atoms with Crippen LogP contribution in [0.4, 0.5) is 0 Å². The van der Waals surface area contributed by atoms with E-state index in [1.807, 2.05) is 12.1 Å². The first-order valence-corrected chi connectivity index (χ1v) is 6.47. The van der Waals surface area contributed by atoms with E-state index >= 15 is 0 Å². The number of ketones is 1. The predicted molar refractivity (Wildman–Crippen MR) is 68.8 cm³/mol. The molecule has 1 aromatic carbocycles.